The molecule has 3 rings (SSSR count). The lowest BCUT2D eigenvalue weighted by Gasteiger charge is -2.31. The molecule has 14 nitrogen and oxygen atoms in total. The summed E-state index contributed by atoms with van der Waals surface area (Å²) in [6, 6.07) is 10.9. The maximum absolute atomic E-state index is 12.8. The van der Waals surface area contributed by atoms with Crippen LogP contribution in [0, 0.1) is 0 Å². The molecule has 7 N–H and O–H groups in total. The number of carbonyl (C=O) groups is 3. The molecule has 2 unspecified atom stereocenters. The molecule has 15 heteroatoms. The first-order chi connectivity index (χ1) is 19.3. The van der Waals surface area contributed by atoms with Crippen LogP contribution >= 0.6 is 7.60 Å². The summed E-state index contributed by atoms with van der Waals surface area (Å²) in [5.41, 5.74) is -2.08. The number of likely N-dealkylation sites (tertiary alicyclic amines) is 1. The second-order valence-electron chi connectivity index (χ2n) is 10.1. The quantitative estimate of drug-likeness (QED) is 0.134. The van der Waals surface area contributed by atoms with E-state index in [9.17, 15) is 44.3 Å². The first-order valence-corrected chi connectivity index (χ1v) is 14.6. The molecule has 2 aromatic carbocycles. The molecule has 2 amide bonds. The van der Waals surface area contributed by atoms with Gasteiger partial charge in [0.15, 0.2) is 12.1 Å². The highest BCUT2D eigenvalue weighted by molar-refractivity contribution is 7.52. The smallest absolute Gasteiger partial charge is 0.331 e. The number of benzene rings is 2. The molecule has 1 aliphatic rings. The van der Waals surface area contributed by atoms with E-state index in [1.165, 1.54) is 11.8 Å². The number of aliphatic carboxylic acids is 1. The van der Waals surface area contributed by atoms with E-state index in [-0.39, 0.29) is 13.1 Å². The van der Waals surface area contributed by atoms with Gasteiger partial charge >= 0.3 is 13.6 Å². The van der Waals surface area contributed by atoms with Crippen molar-refractivity contribution >= 4 is 36.2 Å². The number of hydrogen-bond donors (Lipinski definition) is 7. The number of hydrogen-bond acceptors (Lipinski definition) is 10. The van der Waals surface area contributed by atoms with Gasteiger partial charge in [-0.2, -0.15) is 0 Å². The maximum Gasteiger partial charge on any atom is 0.331 e. The minimum Gasteiger partial charge on any atom is -0.484 e. The summed E-state index contributed by atoms with van der Waals surface area (Å²) in [4.78, 5) is 47.6. The molecule has 1 aliphatic heterocycles. The number of ether oxygens (including phenoxy) is 1. The third-order valence-electron chi connectivity index (χ3n) is 6.91. The van der Waals surface area contributed by atoms with E-state index in [2.05, 4.69) is 10.6 Å². The Bertz CT molecular complexity index is 1290. The number of carbonyl (C=O) groups excluding carboxylic acids is 2. The van der Waals surface area contributed by atoms with Crippen molar-refractivity contribution in [3.8, 4) is 5.75 Å². The topological polar surface area (TPSA) is 215 Å². The fraction of sp³-hybridized carbons (Fsp3) is 0.500. The van der Waals surface area contributed by atoms with Crippen LogP contribution in [0.5, 0.6) is 5.75 Å². The van der Waals surface area contributed by atoms with Crippen LogP contribution in [0.2, 0.25) is 0 Å². The molecular weight excluding hydrogens is 561 g/mol. The summed E-state index contributed by atoms with van der Waals surface area (Å²) in [6.45, 7) is 0.0858. The molecular formula is C26H36N3O11P. The van der Waals surface area contributed by atoms with E-state index >= 15 is 0 Å². The van der Waals surface area contributed by atoms with Crippen molar-refractivity contribution < 1.29 is 53.5 Å². The Morgan fingerprint density at radius 3 is 2.37 bits per heavy atom. The minimum atomic E-state index is -4.47. The van der Waals surface area contributed by atoms with Crippen LogP contribution in [0.3, 0.4) is 0 Å². The largest absolute Gasteiger partial charge is 0.484 e. The van der Waals surface area contributed by atoms with Gasteiger partial charge in [0.2, 0.25) is 5.91 Å². The number of aliphatic hydroxyl groups excluding tert-OH is 3. The Morgan fingerprint density at radius 2 is 1.73 bits per heavy atom. The number of nitrogens with zero attached hydrogens (tertiary/aromatic N) is 1. The number of fused-ring (bicyclic) bond motifs is 1. The Balaban J connectivity index is 1.57. The molecule has 226 valence electrons. The van der Waals surface area contributed by atoms with Gasteiger partial charge in [0.1, 0.15) is 5.75 Å². The molecule has 0 saturated carbocycles. The van der Waals surface area contributed by atoms with Crippen LogP contribution in [-0.2, 0) is 23.5 Å². The second kappa shape index (κ2) is 13.7. The summed E-state index contributed by atoms with van der Waals surface area (Å²) in [5.74, 6) is -2.32. The predicted molar refractivity (Wildman–Crippen MR) is 146 cm³/mol. The van der Waals surface area contributed by atoms with E-state index in [0.29, 0.717) is 5.75 Å². The molecule has 6 atom stereocenters. The lowest BCUT2D eigenvalue weighted by molar-refractivity contribution is -0.148. The Hall–Kier alpha value is -3.10. The normalized spacial score (nSPS) is 23.9. The molecule has 1 heterocycles. The molecule has 1 saturated heterocycles. The predicted octanol–water partition coefficient (Wildman–Crippen LogP) is -0.717. The third-order valence-corrected chi connectivity index (χ3v) is 8.21. The lowest BCUT2D eigenvalue weighted by Crippen LogP contribution is -2.56. The van der Waals surface area contributed by atoms with E-state index in [1.54, 1.807) is 12.1 Å². The molecule has 0 spiro atoms. The molecule has 41 heavy (non-hydrogen) atoms. The number of nitrogens with one attached hydrogen (secondary N) is 2. The molecule has 0 radical (unpaired) electrons. The standard InChI is InChI=1S/C26H36N3O11P/c1-16(31)27-12-20-23(33)24(34)21(13-30)29(20)9-10-41(37,38)40-15-26(2,25(35)36)28-22(32)14-39-19-8-7-17-5-3-4-6-18(17)11-19/h3-8,11,20-21,23-24,30,33-34H,9-10,12-15H2,1-2H3,(H,27,31)(H,28,32)(H,35,36)(H,37,38)/t20-,21-,23-,24-,26?/m1/s1. The van der Waals surface area contributed by atoms with E-state index in [4.69, 9.17) is 9.26 Å². The van der Waals surface area contributed by atoms with Gasteiger partial charge in [-0.1, -0.05) is 30.3 Å². The van der Waals surface area contributed by atoms with Gasteiger partial charge in [-0.3, -0.25) is 19.1 Å². The Labute approximate surface area is 236 Å². The number of aliphatic hydroxyl groups is 3. The average Bonchev–Trinajstić information content (AvgIpc) is 3.16. The van der Waals surface area contributed by atoms with E-state index in [0.717, 1.165) is 17.7 Å². The molecule has 1 fully saturated rings. The van der Waals surface area contributed by atoms with Crippen LogP contribution in [0.1, 0.15) is 13.8 Å². The Kier molecular flexibility index (Phi) is 10.8. The van der Waals surface area contributed by atoms with Crippen molar-refractivity contribution in [3.63, 3.8) is 0 Å². The summed E-state index contributed by atoms with van der Waals surface area (Å²) in [6.07, 6.45) is -3.28. The number of amides is 2. The average molecular weight is 598 g/mol. The van der Waals surface area contributed by atoms with Crippen molar-refractivity contribution in [2.24, 2.45) is 0 Å². The first-order valence-electron chi connectivity index (χ1n) is 12.9. The van der Waals surface area contributed by atoms with Crippen LogP contribution in [0.25, 0.3) is 10.8 Å². The van der Waals surface area contributed by atoms with Gasteiger partial charge in [-0.15, -0.1) is 0 Å². The van der Waals surface area contributed by atoms with Crippen molar-refractivity contribution in [1.82, 2.24) is 15.5 Å². The van der Waals surface area contributed by atoms with Crippen LogP contribution in [0.4, 0.5) is 0 Å². The van der Waals surface area contributed by atoms with Crippen LogP contribution in [-0.4, -0.2) is 117 Å². The highest BCUT2D eigenvalue weighted by atomic mass is 31.2. The van der Waals surface area contributed by atoms with Crippen molar-refractivity contribution in [2.75, 3.05) is 39.1 Å². The van der Waals surface area contributed by atoms with Crippen molar-refractivity contribution in [1.29, 1.82) is 0 Å². The molecule has 0 aliphatic carbocycles. The van der Waals surface area contributed by atoms with Crippen LogP contribution < -0.4 is 15.4 Å². The van der Waals surface area contributed by atoms with Gasteiger partial charge in [-0.05, 0) is 29.8 Å². The highest BCUT2D eigenvalue weighted by Gasteiger charge is 2.47. The summed E-state index contributed by atoms with van der Waals surface area (Å²) in [7, 11) is -4.47. The zero-order valence-electron chi connectivity index (χ0n) is 22.7. The lowest BCUT2D eigenvalue weighted by atomic mass is 10.0. The zero-order chi connectivity index (χ0) is 30.4. The van der Waals surface area contributed by atoms with E-state index < -0.39 is 81.2 Å². The van der Waals surface area contributed by atoms with Crippen molar-refractivity contribution in [2.45, 2.75) is 43.7 Å². The monoisotopic (exact) mass is 597 g/mol. The zero-order valence-corrected chi connectivity index (χ0v) is 23.6. The maximum atomic E-state index is 12.8. The number of carboxylic acids is 1. The van der Waals surface area contributed by atoms with Gasteiger partial charge in [-0.25, -0.2) is 4.79 Å². The third kappa shape index (κ3) is 8.46. The summed E-state index contributed by atoms with van der Waals surface area (Å²) >= 11 is 0. The van der Waals surface area contributed by atoms with Gasteiger partial charge in [0.05, 0.1) is 43.7 Å². The van der Waals surface area contributed by atoms with Gasteiger partial charge in [0.25, 0.3) is 5.91 Å². The number of carboxylic acid groups (broad SMARTS) is 1. The van der Waals surface area contributed by atoms with E-state index in [1.807, 2.05) is 30.3 Å². The highest BCUT2D eigenvalue weighted by Crippen LogP contribution is 2.43. The van der Waals surface area contributed by atoms with Gasteiger partial charge in [0, 0.05) is 20.0 Å². The van der Waals surface area contributed by atoms with Crippen molar-refractivity contribution in [3.05, 3.63) is 42.5 Å². The van der Waals surface area contributed by atoms with Crippen LogP contribution in [0.15, 0.2) is 42.5 Å². The summed E-state index contributed by atoms with van der Waals surface area (Å²) < 4.78 is 23.3. The molecule has 0 bridgehead atoms. The summed E-state index contributed by atoms with van der Waals surface area (Å²) in [5, 5.41) is 46.7. The molecule has 0 aromatic heterocycles. The fourth-order valence-electron chi connectivity index (χ4n) is 4.56. The fourth-order valence-corrected chi connectivity index (χ4v) is 5.63. The Morgan fingerprint density at radius 1 is 1.07 bits per heavy atom. The van der Waals surface area contributed by atoms with Gasteiger partial charge < -0.3 is 45.2 Å². The SMILES string of the molecule is CC(=O)NC[C@@H]1[C@@H](O)[C@H](O)[C@@H](CO)N1CCP(=O)(O)OCC(C)(NC(=O)COc1ccc2ccccc2c1)C(=O)O. The minimum absolute atomic E-state index is 0.0922. The first kappa shape index (κ1) is 32.4. The second-order valence-corrected chi connectivity index (χ2v) is 12.1. The molecule has 2 aromatic rings. The number of rotatable bonds is 14.